The number of amides is 1. The second-order valence-corrected chi connectivity index (χ2v) is 4.51. The first-order chi connectivity index (χ1) is 10.2. The molecule has 6 heteroatoms. The van der Waals surface area contributed by atoms with Crippen LogP contribution in [-0.2, 0) is 4.74 Å². The first-order valence-corrected chi connectivity index (χ1v) is 6.73. The molecular weight excluding hydrogens is 275 g/mol. The lowest BCUT2D eigenvalue weighted by Crippen LogP contribution is -2.48. The summed E-state index contributed by atoms with van der Waals surface area (Å²) in [5.41, 5.74) is 3.17. The average molecular weight is 292 g/mol. The first kappa shape index (κ1) is 15.4. The van der Waals surface area contributed by atoms with Crippen molar-refractivity contribution in [3.8, 4) is 11.8 Å². The van der Waals surface area contributed by atoms with Gasteiger partial charge in [0.2, 0.25) is 0 Å². The summed E-state index contributed by atoms with van der Waals surface area (Å²) in [6.45, 7) is 2.29. The van der Waals surface area contributed by atoms with Gasteiger partial charge in [0.05, 0.1) is 25.4 Å². The van der Waals surface area contributed by atoms with Gasteiger partial charge >= 0.3 is 0 Å². The molecule has 1 aromatic rings. The van der Waals surface area contributed by atoms with Crippen LogP contribution in [-0.4, -0.2) is 48.9 Å². The third kappa shape index (κ3) is 4.53. The molecule has 0 radical (unpaired) electrons. The molecule has 21 heavy (non-hydrogen) atoms. The lowest BCUT2D eigenvalue weighted by Gasteiger charge is -2.26. The second kappa shape index (κ2) is 7.74. The fourth-order valence-corrected chi connectivity index (χ4v) is 1.85. The number of carbonyl (C=O) groups is 1. The van der Waals surface area contributed by atoms with Crippen LogP contribution in [0.4, 0.5) is 4.39 Å². The summed E-state index contributed by atoms with van der Waals surface area (Å²) in [6, 6.07) is 4.16. The van der Waals surface area contributed by atoms with Crippen molar-refractivity contribution >= 4 is 5.91 Å². The Kier molecular flexibility index (Phi) is 5.69. The number of aliphatic hydroxyl groups is 1. The van der Waals surface area contributed by atoms with Crippen LogP contribution in [0.2, 0.25) is 0 Å². The summed E-state index contributed by atoms with van der Waals surface area (Å²) in [4.78, 5) is 12.0. The van der Waals surface area contributed by atoms with Gasteiger partial charge in [0.25, 0.3) is 5.91 Å². The van der Waals surface area contributed by atoms with Gasteiger partial charge in [-0.15, -0.1) is 0 Å². The molecule has 2 N–H and O–H groups in total. The predicted molar refractivity (Wildman–Crippen MR) is 74.8 cm³/mol. The zero-order valence-electron chi connectivity index (χ0n) is 11.6. The SMILES string of the molecule is O=C(NN1CCOCC1)c1ccc(C#CCCO)c(F)c1. The second-order valence-electron chi connectivity index (χ2n) is 4.51. The molecule has 112 valence electrons. The lowest BCUT2D eigenvalue weighted by molar-refractivity contribution is 0.0126. The normalized spacial score (nSPS) is 15.1. The number of nitrogens with one attached hydrogen (secondary N) is 1. The quantitative estimate of drug-likeness (QED) is 0.798. The summed E-state index contributed by atoms with van der Waals surface area (Å²) >= 11 is 0. The fourth-order valence-electron chi connectivity index (χ4n) is 1.85. The van der Waals surface area contributed by atoms with Gasteiger partial charge in [0.15, 0.2) is 0 Å². The highest BCUT2D eigenvalue weighted by Gasteiger charge is 2.15. The minimum atomic E-state index is -0.546. The summed E-state index contributed by atoms with van der Waals surface area (Å²) in [5.74, 6) is 4.36. The van der Waals surface area contributed by atoms with Gasteiger partial charge in [-0.2, -0.15) is 0 Å². The lowest BCUT2D eigenvalue weighted by atomic mass is 10.1. The number of rotatable bonds is 3. The molecule has 1 saturated heterocycles. The van der Waals surface area contributed by atoms with E-state index in [0.717, 1.165) is 0 Å². The van der Waals surface area contributed by atoms with Crippen LogP contribution in [0.15, 0.2) is 18.2 Å². The van der Waals surface area contributed by atoms with E-state index in [4.69, 9.17) is 9.84 Å². The Hall–Kier alpha value is -1.94. The van der Waals surface area contributed by atoms with E-state index in [-0.39, 0.29) is 23.6 Å². The molecule has 0 unspecified atom stereocenters. The van der Waals surface area contributed by atoms with Crippen molar-refractivity contribution in [1.82, 2.24) is 10.4 Å². The van der Waals surface area contributed by atoms with Crippen LogP contribution in [0.25, 0.3) is 0 Å². The number of ether oxygens (including phenoxy) is 1. The number of aliphatic hydroxyl groups excluding tert-OH is 1. The Balaban J connectivity index is 2.01. The van der Waals surface area contributed by atoms with E-state index in [2.05, 4.69) is 17.3 Å². The number of halogens is 1. The van der Waals surface area contributed by atoms with Gasteiger partial charge in [-0.05, 0) is 18.2 Å². The van der Waals surface area contributed by atoms with Gasteiger partial charge in [-0.25, -0.2) is 9.40 Å². The van der Waals surface area contributed by atoms with Gasteiger partial charge < -0.3 is 9.84 Å². The summed E-state index contributed by atoms with van der Waals surface area (Å²) in [7, 11) is 0. The van der Waals surface area contributed by atoms with E-state index in [1.54, 1.807) is 5.01 Å². The molecule has 1 heterocycles. The zero-order valence-corrected chi connectivity index (χ0v) is 11.6. The van der Waals surface area contributed by atoms with E-state index < -0.39 is 5.82 Å². The molecule has 0 spiro atoms. The highest BCUT2D eigenvalue weighted by molar-refractivity contribution is 5.94. The molecule has 1 aromatic carbocycles. The van der Waals surface area contributed by atoms with Gasteiger partial charge in [-0.3, -0.25) is 10.2 Å². The minimum absolute atomic E-state index is 0.0609. The molecular formula is C15H17FN2O3. The highest BCUT2D eigenvalue weighted by Crippen LogP contribution is 2.10. The molecule has 1 fully saturated rings. The van der Waals surface area contributed by atoms with Gasteiger partial charge in [0.1, 0.15) is 5.82 Å². The van der Waals surface area contributed by atoms with Crippen molar-refractivity contribution in [2.24, 2.45) is 0 Å². The third-order valence-electron chi connectivity index (χ3n) is 2.96. The summed E-state index contributed by atoms with van der Waals surface area (Å²) in [6.07, 6.45) is 0.290. The van der Waals surface area contributed by atoms with E-state index in [0.29, 0.717) is 32.7 Å². The molecule has 1 amide bonds. The maximum Gasteiger partial charge on any atom is 0.265 e. The van der Waals surface area contributed by atoms with E-state index in [1.165, 1.54) is 18.2 Å². The Morgan fingerprint density at radius 3 is 2.86 bits per heavy atom. The van der Waals surface area contributed by atoms with Crippen LogP contribution < -0.4 is 5.43 Å². The fraction of sp³-hybridized carbons (Fsp3) is 0.400. The molecule has 5 nitrogen and oxygen atoms in total. The van der Waals surface area contributed by atoms with Crippen molar-refractivity contribution < 1.29 is 19.0 Å². The molecule has 0 saturated carbocycles. The molecule has 2 rings (SSSR count). The van der Waals surface area contributed by atoms with Crippen LogP contribution in [0.1, 0.15) is 22.3 Å². The average Bonchev–Trinajstić information content (AvgIpc) is 2.50. The number of hydrazine groups is 1. The van der Waals surface area contributed by atoms with Gasteiger partial charge in [0, 0.05) is 25.1 Å². The predicted octanol–water partition coefficient (Wildman–Crippen LogP) is 0.537. The maximum absolute atomic E-state index is 13.8. The molecule has 0 aliphatic carbocycles. The minimum Gasteiger partial charge on any atom is -0.395 e. The van der Waals surface area contributed by atoms with Crippen molar-refractivity contribution in [3.05, 3.63) is 35.1 Å². The van der Waals surface area contributed by atoms with Crippen molar-refractivity contribution in [3.63, 3.8) is 0 Å². The number of morpholine rings is 1. The Bertz CT molecular complexity index is 560. The summed E-state index contributed by atoms with van der Waals surface area (Å²) < 4.78 is 19.0. The maximum atomic E-state index is 13.8. The molecule has 0 atom stereocenters. The number of hydrogen-bond acceptors (Lipinski definition) is 4. The Labute approximate surface area is 122 Å². The zero-order chi connectivity index (χ0) is 15.1. The molecule has 1 aliphatic rings. The van der Waals surface area contributed by atoms with Crippen molar-refractivity contribution in [2.45, 2.75) is 6.42 Å². The Morgan fingerprint density at radius 1 is 1.43 bits per heavy atom. The van der Waals surface area contributed by atoms with Crippen LogP contribution >= 0.6 is 0 Å². The highest BCUT2D eigenvalue weighted by atomic mass is 19.1. The largest absolute Gasteiger partial charge is 0.395 e. The smallest absolute Gasteiger partial charge is 0.265 e. The third-order valence-corrected chi connectivity index (χ3v) is 2.96. The molecule has 0 bridgehead atoms. The molecule has 0 aromatic heterocycles. The first-order valence-electron chi connectivity index (χ1n) is 6.73. The topological polar surface area (TPSA) is 61.8 Å². The van der Waals surface area contributed by atoms with Gasteiger partial charge in [-0.1, -0.05) is 11.8 Å². The van der Waals surface area contributed by atoms with E-state index in [1.807, 2.05) is 0 Å². The Morgan fingerprint density at radius 2 is 2.19 bits per heavy atom. The van der Waals surface area contributed by atoms with Crippen molar-refractivity contribution in [1.29, 1.82) is 0 Å². The summed E-state index contributed by atoms with van der Waals surface area (Å²) in [5, 5.41) is 10.4. The van der Waals surface area contributed by atoms with Crippen LogP contribution in [0.3, 0.4) is 0 Å². The van der Waals surface area contributed by atoms with Crippen LogP contribution in [0, 0.1) is 17.7 Å². The standard InChI is InChI=1S/C15H17FN2O3/c16-14-11-13(5-4-12(14)3-1-2-8-19)15(20)17-18-6-9-21-10-7-18/h4-5,11,19H,2,6-10H2,(H,17,20). The van der Waals surface area contributed by atoms with E-state index in [9.17, 15) is 9.18 Å². The number of hydrogen-bond donors (Lipinski definition) is 2. The molecule has 1 aliphatic heterocycles. The monoisotopic (exact) mass is 292 g/mol. The van der Waals surface area contributed by atoms with E-state index >= 15 is 0 Å². The number of benzene rings is 1. The number of nitrogens with zero attached hydrogens (tertiary/aromatic N) is 1. The number of carbonyl (C=O) groups excluding carboxylic acids is 1. The van der Waals surface area contributed by atoms with Crippen LogP contribution in [0.5, 0.6) is 0 Å². The van der Waals surface area contributed by atoms with Crippen molar-refractivity contribution in [2.75, 3.05) is 32.9 Å².